The zero-order valence-electron chi connectivity index (χ0n) is 9.91. The number of esters is 1. The summed E-state index contributed by atoms with van der Waals surface area (Å²) in [5.41, 5.74) is 0.0238. The van der Waals surface area contributed by atoms with E-state index in [-0.39, 0.29) is 11.7 Å². The molecule has 1 aliphatic heterocycles. The number of likely N-dealkylation sites (tertiary alicyclic amines) is 1. The van der Waals surface area contributed by atoms with E-state index in [1.807, 2.05) is 0 Å². The van der Waals surface area contributed by atoms with Gasteiger partial charge >= 0.3 is 5.97 Å². The molecule has 0 aliphatic carbocycles. The van der Waals surface area contributed by atoms with E-state index in [0.29, 0.717) is 0 Å². The van der Waals surface area contributed by atoms with Crippen LogP contribution >= 0.6 is 0 Å². The Balaban J connectivity index is 1.99. The Kier molecular flexibility index (Phi) is 3.74. The van der Waals surface area contributed by atoms with Gasteiger partial charge in [0.05, 0.1) is 19.2 Å². The number of hydrogen-bond acceptors (Lipinski definition) is 2. The average molecular weight is 238 g/mol. The quantitative estimate of drug-likeness (QED) is 0.767. The van der Waals surface area contributed by atoms with Crippen LogP contribution in [0, 0.1) is 5.82 Å². The standard InChI is InChI=1S/C13H16FNO2/c1-15-8-4-5-10(9-15)17-13(16)11-6-2-3-7-12(11)14/h2-3,6-7,10H,4-5,8-9H2,1H3/p+1/t10-/m1/s1. The number of ether oxygens (including phenoxy) is 1. The summed E-state index contributed by atoms with van der Waals surface area (Å²) < 4.78 is 18.7. The van der Waals surface area contributed by atoms with E-state index in [1.54, 1.807) is 12.1 Å². The highest BCUT2D eigenvalue weighted by atomic mass is 19.1. The Morgan fingerprint density at radius 1 is 1.47 bits per heavy atom. The van der Waals surface area contributed by atoms with Gasteiger partial charge in [-0.15, -0.1) is 0 Å². The molecule has 0 aromatic heterocycles. The van der Waals surface area contributed by atoms with Crippen molar-refractivity contribution in [2.75, 3.05) is 20.1 Å². The molecule has 1 fully saturated rings. The number of benzene rings is 1. The fourth-order valence-corrected chi connectivity index (χ4v) is 2.17. The van der Waals surface area contributed by atoms with Gasteiger partial charge in [0.1, 0.15) is 12.4 Å². The van der Waals surface area contributed by atoms with Crippen LogP contribution in [0.15, 0.2) is 24.3 Å². The first kappa shape index (κ1) is 12.0. The summed E-state index contributed by atoms with van der Waals surface area (Å²) in [5.74, 6) is -1.07. The van der Waals surface area contributed by atoms with Crippen molar-refractivity contribution in [3.05, 3.63) is 35.6 Å². The molecule has 1 N–H and O–H groups in total. The second-order valence-electron chi connectivity index (χ2n) is 4.56. The number of carbonyl (C=O) groups is 1. The third-order valence-corrected chi connectivity index (χ3v) is 3.07. The topological polar surface area (TPSA) is 30.7 Å². The molecule has 0 amide bonds. The third-order valence-electron chi connectivity index (χ3n) is 3.07. The molecule has 4 heteroatoms. The smallest absolute Gasteiger partial charge is 0.341 e. The summed E-state index contributed by atoms with van der Waals surface area (Å²) in [6, 6.07) is 5.93. The highest BCUT2D eigenvalue weighted by Crippen LogP contribution is 2.11. The van der Waals surface area contributed by atoms with Gasteiger partial charge in [0.25, 0.3) is 0 Å². The van der Waals surface area contributed by atoms with Crippen molar-refractivity contribution in [1.82, 2.24) is 0 Å². The van der Waals surface area contributed by atoms with E-state index in [4.69, 9.17) is 4.74 Å². The molecule has 1 aromatic carbocycles. The molecule has 1 heterocycles. The fourth-order valence-electron chi connectivity index (χ4n) is 2.17. The highest BCUT2D eigenvalue weighted by molar-refractivity contribution is 5.89. The molecule has 1 saturated heterocycles. The van der Waals surface area contributed by atoms with E-state index < -0.39 is 11.8 Å². The zero-order valence-corrected chi connectivity index (χ0v) is 9.91. The lowest BCUT2D eigenvalue weighted by molar-refractivity contribution is -0.888. The minimum absolute atomic E-state index is 0.0238. The van der Waals surface area contributed by atoms with E-state index >= 15 is 0 Å². The number of hydrogen-bond donors (Lipinski definition) is 1. The van der Waals surface area contributed by atoms with E-state index in [2.05, 4.69) is 7.05 Å². The van der Waals surface area contributed by atoms with Gasteiger partial charge in [0.15, 0.2) is 6.10 Å². The van der Waals surface area contributed by atoms with Crippen molar-refractivity contribution < 1.29 is 18.8 Å². The monoisotopic (exact) mass is 238 g/mol. The number of carbonyl (C=O) groups excluding carboxylic acids is 1. The van der Waals surface area contributed by atoms with Crippen molar-refractivity contribution in [1.29, 1.82) is 0 Å². The molecule has 1 unspecified atom stereocenters. The van der Waals surface area contributed by atoms with Crippen molar-refractivity contribution in [3.8, 4) is 0 Å². The molecule has 3 nitrogen and oxygen atoms in total. The number of rotatable bonds is 2. The predicted octanol–water partition coefficient (Wildman–Crippen LogP) is 0.660. The van der Waals surface area contributed by atoms with Crippen LogP contribution in [-0.4, -0.2) is 32.2 Å². The summed E-state index contributed by atoms with van der Waals surface area (Å²) in [6.07, 6.45) is 1.83. The molecular formula is C13H17FNO2+. The van der Waals surface area contributed by atoms with Gasteiger partial charge < -0.3 is 9.64 Å². The number of quaternary nitrogens is 1. The average Bonchev–Trinajstić information content (AvgIpc) is 2.29. The van der Waals surface area contributed by atoms with Crippen LogP contribution in [0.2, 0.25) is 0 Å². The predicted molar refractivity (Wildman–Crippen MR) is 61.5 cm³/mol. The van der Waals surface area contributed by atoms with Crippen LogP contribution in [-0.2, 0) is 4.74 Å². The molecular weight excluding hydrogens is 221 g/mol. The van der Waals surface area contributed by atoms with Gasteiger partial charge in [-0.1, -0.05) is 12.1 Å². The molecule has 1 aliphatic rings. The Hall–Kier alpha value is -1.42. The highest BCUT2D eigenvalue weighted by Gasteiger charge is 2.25. The van der Waals surface area contributed by atoms with Crippen molar-refractivity contribution in [2.24, 2.45) is 0 Å². The van der Waals surface area contributed by atoms with Gasteiger partial charge in [0.2, 0.25) is 0 Å². The van der Waals surface area contributed by atoms with E-state index in [1.165, 1.54) is 17.0 Å². The first-order valence-electron chi connectivity index (χ1n) is 5.93. The SMILES string of the molecule is C[NH+]1CCC[C@@H](OC(=O)c2ccccc2F)C1. The number of nitrogens with one attached hydrogen (secondary N) is 1. The van der Waals surface area contributed by atoms with Gasteiger partial charge in [0, 0.05) is 6.42 Å². The maximum absolute atomic E-state index is 13.4. The van der Waals surface area contributed by atoms with Crippen LogP contribution in [0.1, 0.15) is 23.2 Å². The summed E-state index contributed by atoms with van der Waals surface area (Å²) >= 11 is 0. The van der Waals surface area contributed by atoms with E-state index in [0.717, 1.165) is 25.9 Å². The van der Waals surface area contributed by atoms with E-state index in [9.17, 15) is 9.18 Å². The Labute approximate surface area is 100 Å². The third kappa shape index (κ3) is 3.03. The molecule has 0 bridgehead atoms. The van der Waals surface area contributed by atoms with Gasteiger partial charge in [-0.25, -0.2) is 9.18 Å². The largest absolute Gasteiger partial charge is 0.453 e. The van der Waals surface area contributed by atoms with Crippen LogP contribution in [0.3, 0.4) is 0 Å². The summed E-state index contributed by atoms with van der Waals surface area (Å²) in [7, 11) is 2.07. The Bertz CT molecular complexity index is 408. The Morgan fingerprint density at radius 3 is 2.94 bits per heavy atom. The van der Waals surface area contributed by atoms with Crippen LogP contribution in [0.4, 0.5) is 4.39 Å². The number of likely N-dealkylation sites (N-methyl/N-ethyl adjacent to an activating group) is 1. The molecule has 0 spiro atoms. The van der Waals surface area contributed by atoms with Crippen molar-refractivity contribution >= 4 is 5.97 Å². The lowest BCUT2D eigenvalue weighted by Crippen LogP contribution is -3.11. The molecule has 0 radical (unpaired) electrons. The normalized spacial score (nSPS) is 24.4. The summed E-state index contributed by atoms with van der Waals surface area (Å²) in [6.45, 7) is 1.91. The first-order valence-corrected chi connectivity index (χ1v) is 5.93. The maximum Gasteiger partial charge on any atom is 0.341 e. The minimum atomic E-state index is -0.553. The molecule has 0 saturated carbocycles. The van der Waals surface area contributed by atoms with Crippen molar-refractivity contribution in [3.63, 3.8) is 0 Å². The van der Waals surface area contributed by atoms with Gasteiger partial charge in [-0.05, 0) is 18.6 Å². The second-order valence-corrected chi connectivity index (χ2v) is 4.56. The zero-order chi connectivity index (χ0) is 12.3. The maximum atomic E-state index is 13.4. The second kappa shape index (κ2) is 5.27. The van der Waals surface area contributed by atoms with Crippen molar-refractivity contribution in [2.45, 2.75) is 18.9 Å². The molecule has 2 atom stereocenters. The molecule has 2 rings (SSSR count). The lowest BCUT2D eigenvalue weighted by Gasteiger charge is -2.26. The van der Waals surface area contributed by atoms with Gasteiger partial charge in [-0.3, -0.25) is 0 Å². The Morgan fingerprint density at radius 2 is 2.24 bits per heavy atom. The number of piperidine rings is 1. The van der Waals surface area contributed by atoms with Crippen LogP contribution in [0.5, 0.6) is 0 Å². The molecule has 1 aromatic rings. The minimum Gasteiger partial charge on any atom is -0.453 e. The van der Waals surface area contributed by atoms with Gasteiger partial charge in [-0.2, -0.15) is 0 Å². The van der Waals surface area contributed by atoms with Crippen LogP contribution in [0.25, 0.3) is 0 Å². The number of halogens is 1. The lowest BCUT2D eigenvalue weighted by atomic mass is 10.1. The molecule has 17 heavy (non-hydrogen) atoms. The molecule has 92 valence electrons. The van der Waals surface area contributed by atoms with Crippen LogP contribution < -0.4 is 4.90 Å². The summed E-state index contributed by atoms with van der Waals surface area (Å²) in [5, 5.41) is 0. The fraction of sp³-hybridized carbons (Fsp3) is 0.462. The first-order chi connectivity index (χ1) is 8.16. The summed E-state index contributed by atoms with van der Waals surface area (Å²) in [4.78, 5) is 13.1.